The van der Waals surface area contributed by atoms with E-state index >= 15 is 0 Å². The Morgan fingerprint density at radius 2 is 1.88 bits per heavy atom. The molecule has 2 aliphatic rings. The first-order valence-corrected chi connectivity index (χ1v) is 8.74. The van der Waals surface area contributed by atoms with Gasteiger partial charge in [-0.1, -0.05) is 30.3 Å². The van der Waals surface area contributed by atoms with Crippen molar-refractivity contribution in [2.45, 2.75) is 31.3 Å². The Labute approximate surface area is 158 Å². The van der Waals surface area contributed by atoms with Crippen LogP contribution in [-0.2, 0) is 0 Å². The first-order chi connectivity index (χ1) is 10.8. The molecule has 4 rings (SSSR count). The quantitative estimate of drug-likeness (QED) is 0.858. The Kier molecular flexibility index (Phi) is 6.63. The van der Waals surface area contributed by atoms with Gasteiger partial charge in [-0.15, -0.1) is 36.2 Å². The van der Waals surface area contributed by atoms with E-state index in [1.165, 1.54) is 12.8 Å². The van der Waals surface area contributed by atoms with Gasteiger partial charge in [-0.3, -0.25) is 4.79 Å². The second-order valence-corrected chi connectivity index (χ2v) is 6.94. The molecule has 0 radical (unpaired) electrons. The molecule has 2 aromatic rings. The average Bonchev–Trinajstić information content (AvgIpc) is 3.14. The predicted molar refractivity (Wildman–Crippen MR) is 103 cm³/mol. The van der Waals surface area contributed by atoms with E-state index in [0.29, 0.717) is 17.8 Å². The SMILES string of the molecule is Cl.Cl.O=C(c1csc(-c2ccccc2)n1)N1CCC2CCC(C1)N2. The van der Waals surface area contributed by atoms with E-state index in [9.17, 15) is 4.79 Å². The van der Waals surface area contributed by atoms with Crippen LogP contribution in [0.15, 0.2) is 35.7 Å². The molecule has 24 heavy (non-hydrogen) atoms. The number of hydrogen-bond donors (Lipinski definition) is 1. The van der Waals surface area contributed by atoms with Gasteiger partial charge >= 0.3 is 0 Å². The highest BCUT2D eigenvalue weighted by Crippen LogP contribution is 2.25. The lowest BCUT2D eigenvalue weighted by atomic mass is 10.1. The Morgan fingerprint density at radius 1 is 1.12 bits per heavy atom. The van der Waals surface area contributed by atoms with Gasteiger partial charge in [0.1, 0.15) is 10.7 Å². The van der Waals surface area contributed by atoms with Crippen molar-refractivity contribution in [3.63, 3.8) is 0 Å². The first kappa shape index (κ1) is 19.2. The Bertz CT molecular complexity index is 679. The summed E-state index contributed by atoms with van der Waals surface area (Å²) in [7, 11) is 0. The summed E-state index contributed by atoms with van der Waals surface area (Å²) in [6.45, 7) is 1.65. The molecule has 7 heteroatoms. The molecule has 4 nitrogen and oxygen atoms in total. The minimum atomic E-state index is 0. The zero-order valence-corrected chi connectivity index (χ0v) is 15.6. The van der Waals surface area contributed by atoms with E-state index in [0.717, 1.165) is 30.1 Å². The smallest absolute Gasteiger partial charge is 0.273 e. The molecule has 2 unspecified atom stereocenters. The lowest BCUT2D eigenvalue weighted by Gasteiger charge is -2.23. The van der Waals surface area contributed by atoms with Gasteiger partial charge in [-0.05, 0) is 19.3 Å². The van der Waals surface area contributed by atoms with E-state index in [1.54, 1.807) is 11.3 Å². The predicted octanol–water partition coefficient (Wildman–Crippen LogP) is 3.62. The van der Waals surface area contributed by atoms with Crippen LogP contribution in [0.1, 0.15) is 29.8 Å². The fourth-order valence-corrected chi connectivity index (χ4v) is 4.17. The number of thiazole rings is 1. The molecule has 1 N–H and O–H groups in total. The maximum atomic E-state index is 12.7. The number of halogens is 2. The minimum Gasteiger partial charge on any atom is -0.336 e. The maximum Gasteiger partial charge on any atom is 0.273 e. The molecule has 0 spiro atoms. The summed E-state index contributed by atoms with van der Waals surface area (Å²) in [6.07, 6.45) is 3.49. The van der Waals surface area contributed by atoms with E-state index in [4.69, 9.17) is 0 Å². The van der Waals surface area contributed by atoms with Crippen LogP contribution >= 0.6 is 36.2 Å². The van der Waals surface area contributed by atoms with Crippen LogP contribution in [0.3, 0.4) is 0 Å². The molecular weight excluding hydrogens is 365 g/mol. The zero-order chi connectivity index (χ0) is 14.9. The van der Waals surface area contributed by atoms with Gasteiger partial charge in [0.2, 0.25) is 0 Å². The number of carbonyl (C=O) groups is 1. The summed E-state index contributed by atoms with van der Waals surface area (Å²) in [5, 5.41) is 6.41. The third-order valence-corrected chi connectivity index (χ3v) is 5.45. The van der Waals surface area contributed by atoms with Crippen LogP contribution in [0, 0.1) is 0 Å². The minimum absolute atomic E-state index is 0. The standard InChI is InChI=1S/C17H19N3OS.2ClH/c21-17(20-9-8-13-6-7-14(10-20)18-13)15-11-22-16(19-15)12-4-2-1-3-5-12;;/h1-5,11,13-14,18H,6-10H2;2*1H. The van der Waals surface area contributed by atoms with Gasteiger partial charge in [0.25, 0.3) is 5.91 Å². The van der Waals surface area contributed by atoms with Crippen LogP contribution < -0.4 is 5.32 Å². The van der Waals surface area contributed by atoms with Crippen molar-refractivity contribution in [1.29, 1.82) is 0 Å². The molecule has 2 saturated heterocycles. The molecule has 2 aliphatic heterocycles. The number of carbonyl (C=O) groups excluding carboxylic acids is 1. The molecule has 2 fully saturated rings. The van der Waals surface area contributed by atoms with Gasteiger partial charge < -0.3 is 10.2 Å². The summed E-state index contributed by atoms with van der Waals surface area (Å²) in [5.74, 6) is 0.0766. The molecule has 0 aliphatic carbocycles. The van der Waals surface area contributed by atoms with Crippen molar-refractivity contribution < 1.29 is 4.79 Å². The second-order valence-electron chi connectivity index (χ2n) is 6.08. The molecule has 0 saturated carbocycles. The fourth-order valence-electron chi connectivity index (χ4n) is 3.37. The van der Waals surface area contributed by atoms with Crippen LogP contribution in [-0.4, -0.2) is 41.0 Å². The van der Waals surface area contributed by atoms with Gasteiger partial charge in [-0.25, -0.2) is 4.98 Å². The zero-order valence-electron chi connectivity index (χ0n) is 13.2. The highest BCUT2D eigenvalue weighted by Gasteiger charge is 2.32. The molecule has 3 heterocycles. The Balaban J connectivity index is 0.00000104. The number of aromatic nitrogens is 1. The highest BCUT2D eigenvalue weighted by atomic mass is 35.5. The summed E-state index contributed by atoms with van der Waals surface area (Å²) >= 11 is 1.54. The topological polar surface area (TPSA) is 45.2 Å². The van der Waals surface area contributed by atoms with Crippen LogP contribution in [0.4, 0.5) is 0 Å². The molecule has 130 valence electrons. The fraction of sp³-hybridized carbons (Fsp3) is 0.412. The van der Waals surface area contributed by atoms with Crippen molar-refractivity contribution in [3.05, 3.63) is 41.4 Å². The molecule has 1 aromatic heterocycles. The lowest BCUT2D eigenvalue weighted by Crippen LogP contribution is -2.39. The van der Waals surface area contributed by atoms with Crippen molar-refractivity contribution >= 4 is 42.1 Å². The van der Waals surface area contributed by atoms with Crippen LogP contribution in [0.5, 0.6) is 0 Å². The van der Waals surface area contributed by atoms with Gasteiger partial charge in [0.15, 0.2) is 0 Å². The number of likely N-dealkylation sites (tertiary alicyclic amines) is 1. The molecule has 2 bridgehead atoms. The second kappa shape index (κ2) is 8.30. The van der Waals surface area contributed by atoms with E-state index in [2.05, 4.69) is 10.3 Å². The summed E-state index contributed by atoms with van der Waals surface area (Å²) in [6, 6.07) is 11.1. The summed E-state index contributed by atoms with van der Waals surface area (Å²) in [5.41, 5.74) is 1.66. The number of amides is 1. The number of nitrogens with one attached hydrogen (secondary N) is 1. The first-order valence-electron chi connectivity index (χ1n) is 7.86. The normalized spacial score (nSPS) is 22.2. The van der Waals surface area contributed by atoms with Gasteiger partial charge in [-0.2, -0.15) is 0 Å². The van der Waals surface area contributed by atoms with E-state index in [1.807, 2.05) is 40.6 Å². The van der Waals surface area contributed by atoms with E-state index in [-0.39, 0.29) is 30.7 Å². The molecule has 1 aromatic carbocycles. The summed E-state index contributed by atoms with van der Waals surface area (Å²) < 4.78 is 0. The molecular formula is C17H21Cl2N3OS. The number of rotatable bonds is 2. The number of benzene rings is 1. The lowest BCUT2D eigenvalue weighted by molar-refractivity contribution is 0.0743. The van der Waals surface area contributed by atoms with Gasteiger partial charge in [0.05, 0.1) is 0 Å². The van der Waals surface area contributed by atoms with Crippen molar-refractivity contribution in [1.82, 2.24) is 15.2 Å². The third-order valence-electron chi connectivity index (χ3n) is 4.55. The van der Waals surface area contributed by atoms with E-state index < -0.39 is 0 Å². The number of fused-ring (bicyclic) bond motifs is 2. The largest absolute Gasteiger partial charge is 0.336 e. The maximum absolute atomic E-state index is 12.7. The third kappa shape index (κ3) is 3.91. The average molecular weight is 386 g/mol. The Morgan fingerprint density at radius 3 is 2.67 bits per heavy atom. The monoisotopic (exact) mass is 385 g/mol. The summed E-state index contributed by atoms with van der Waals surface area (Å²) in [4.78, 5) is 19.2. The highest BCUT2D eigenvalue weighted by molar-refractivity contribution is 7.13. The van der Waals surface area contributed by atoms with Crippen molar-refractivity contribution in [2.24, 2.45) is 0 Å². The van der Waals surface area contributed by atoms with Crippen LogP contribution in [0.25, 0.3) is 10.6 Å². The van der Waals surface area contributed by atoms with Crippen molar-refractivity contribution in [2.75, 3.05) is 13.1 Å². The molecule has 1 amide bonds. The number of nitrogens with zero attached hydrogens (tertiary/aromatic N) is 2. The molecule has 2 atom stereocenters. The number of hydrogen-bond acceptors (Lipinski definition) is 4. The van der Waals surface area contributed by atoms with Gasteiger partial charge in [0, 0.05) is 36.1 Å². The van der Waals surface area contributed by atoms with Crippen molar-refractivity contribution in [3.8, 4) is 10.6 Å². The van der Waals surface area contributed by atoms with Crippen LogP contribution in [0.2, 0.25) is 0 Å². The Hall–Kier alpha value is -1.14.